The highest BCUT2D eigenvalue weighted by atomic mass is 16.1. The predicted molar refractivity (Wildman–Crippen MR) is 82.4 cm³/mol. The van der Waals surface area contributed by atoms with Crippen molar-refractivity contribution in [3.8, 4) is 0 Å². The molecule has 0 aliphatic heterocycles. The second-order valence-corrected chi connectivity index (χ2v) is 6.13. The molecule has 1 fully saturated rings. The normalized spacial score (nSPS) is 22.0. The molecule has 0 aromatic heterocycles. The molecule has 0 spiro atoms. The Labute approximate surface area is 121 Å². The smallest absolute Gasteiger partial charge is 0.223 e. The van der Waals surface area contributed by atoms with Gasteiger partial charge >= 0.3 is 0 Å². The van der Waals surface area contributed by atoms with E-state index in [-0.39, 0.29) is 11.8 Å². The number of hydrogen-bond donors (Lipinski definition) is 2. The summed E-state index contributed by atoms with van der Waals surface area (Å²) < 4.78 is 0. The third kappa shape index (κ3) is 3.21. The first-order chi connectivity index (χ1) is 9.52. The van der Waals surface area contributed by atoms with Gasteiger partial charge < -0.3 is 11.1 Å². The molecule has 1 aromatic carbocycles. The van der Waals surface area contributed by atoms with Crippen molar-refractivity contribution in [2.45, 2.75) is 46.6 Å². The van der Waals surface area contributed by atoms with Crippen LogP contribution in [0, 0.1) is 32.6 Å². The molecule has 110 valence electrons. The molecular formula is C17H26N2O. The molecule has 1 aliphatic carbocycles. The summed E-state index contributed by atoms with van der Waals surface area (Å²) >= 11 is 0. The monoisotopic (exact) mass is 274 g/mol. The van der Waals surface area contributed by atoms with Crippen LogP contribution in [0.2, 0.25) is 0 Å². The number of aryl methyl sites for hydroxylation is 3. The van der Waals surface area contributed by atoms with E-state index >= 15 is 0 Å². The van der Waals surface area contributed by atoms with E-state index in [1.165, 1.54) is 22.3 Å². The average molecular weight is 274 g/mol. The lowest BCUT2D eigenvalue weighted by Crippen LogP contribution is -2.35. The quantitative estimate of drug-likeness (QED) is 0.886. The molecule has 1 aromatic rings. The van der Waals surface area contributed by atoms with Gasteiger partial charge in [-0.25, -0.2) is 0 Å². The summed E-state index contributed by atoms with van der Waals surface area (Å²) in [5.74, 6) is 0.665. The molecule has 0 radical (unpaired) electrons. The molecule has 1 aliphatic rings. The largest absolute Gasteiger partial charge is 0.352 e. The molecule has 1 saturated carbocycles. The molecule has 2 rings (SSSR count). The van der Waals surface area contributed by atoms with Crippen molar-refractivity contribution >= 4 is 5.91 Å². The maximum absolute atomic E-state index is 12.3. The third-order valence-corrected chi connectivity index (χ3v) is 4.58. The van der Waals surface area contributed by atoms with Crippen molar-refractivity contribution in [1.82, 2.24) is 5.32 Å². The maximum Gasteiger partial charge on any atom is 0.223 e. The van der Waals surface area contributed by atoms with Crippen LogP contribution in [0.15, 0.2) is 12.1 Å². The lowest BCUT2D eigenvalue weighted by Gasteiger charge is -2.18. The highest BCUT2D eigenvalue weighted by Gasteiger charge is 2.31. The van der Waals surface area contributed by atoms with Gasteiger partial charge in [-0.1, -0.05) is 24.1 Å². The molecule has 3 nitrogen and oxygen atoms in total. The Balaban J connectivity index is 2.00. The third-order valence-electron chi connectivity index (χ3n) is 4.58. The van der Waals surface area contributed by atoms with Crippen molar-refractivity contribution < 1.29 is 4.79 Å². The van der Waals surface area contributed by atoms with Crippen LogP contribution in [-0.4, -0.2) is 12.5 Å². The molecule has 20 heavy (non-hydrogen) atoms. The van der Waals surface area contributed by atoms with E-state index in [0.717, 1.165) is 19.3 Å². The number of benzene rings is 1. The van der Waals surface area contributed by atoms with E-state index in [0.29, 0.717) is 19.0 Å². The van der Waals surface area contributed by atoms with Crippen molar-refractivity contribution in [3.05, 3.63) is 34.4 Å². The second-order valence-electron chi connectivity index (χ2n) is 6.13. The highest BCUT2D eigenvalue weighted by molar-refractivity contribution is 5.79. The fourth-order valence-electron chi connectivity index (χ4n) is 3.46. The van der Waals surface area contributed by atoms with Crippen LogP contribution >= 0.6 is 0 Å². The number of rotatable bonds is 4. The first kappa shape index (κ1) is 15.0. The summed E-state index contributed by atoms with van der Waals surface area (Å²) in [7, 11) is 0. The SMILES string of the molecule is Cc1cc(C)c(CNC(=O)[C@@H]2CCC[C@@H]2CN)c(C)c1. The minimum Gasteiger partial charge on any atom is -0.352 e. The van der Waals surface area contributed by atoms with Gasteiger partial charge in [-0.05, 0) is 62.8 Å². The number of nitrogens with two attached hydrogens (primary N) is 1. The molecule has 0 bridgehead atoms. The summed E-state index contributed by atoms with van der Waals surface area (Å²) in [6.45, 7) is 7.58. The summed E-state index contributed by atoms with van der Waals surface area (Å²) in [4.78, 5) is 12.3. The molecule has 1 amide bonds. The standard InChI is InChI=1S/C17H26N2O/c1-11-7-12(2)16(13(3)8-11)10-19-17(20)15-6-4-5-14(15)9-18/h7-8,14-15H,4-6,9-10,18H2,1-3H3,(H,19,20)/t14-,15-/m1/s1. The van der Waals surface area contributed by atoms with Crippen LogP contribution in [0.1, 0.15) is 41.5 Å². The molecule has 0 saturated heterocycles. The Hall–Kier alpha value is -1.35. The molecule has 3 N–H and O–H groups in total. The fourth-order valence-corrected chi connectivity index (χ4v) is 3.46. The number of nitrogens with one attached hydrogen (secondary N) is 1. The van der Waals surface area contributed by atoms with Gasteiger partial charge in [0.1, 0.15) is 0 Å². The maximum atomic E-state index is 12.3. The van der Waals surface area contributed by atoms with Crippen molar-refractivity contribution in [1.29, 1.82) is 0 Å². The fraction of sp³-hybridized carbons (Fsp3) is 0.588. The average Bonchev–Trinajstić information content (AvgIpc) is 2.85. The predicted octanol–water partition coefficient (Wildman–Crippen LogP) is 2.60. The van der Waals surface area contributed by atoms with Gasteiger partial charge in [-0.15, -0.1) is 0 Å². The second kappa shape index (κ2) is 6.40. The van der Waals surface area contributed by atoms with Gasteiger partial charge in [0.05, 0.1) is 0 Å². The lowest BCUT2D eigenvalue weighted by molar-refractivity contribution is -0.126. The van der Waals surface area contributed by atoms with Gasteiger partial charge in [0.25, 0.3) is 0 Å². The Morgan fingerprint density at radius 3 is 2.50 bits per heavy atom. The van der Waals surface area contributed by atoms with Gasteiger partial charge in [0, 0.05) is 12.5 Å². The number of hydrogen-bond acceptors (Lipinski definition) is 2. The zero-order valence-corrected chi connectivity index (χ0v) is 12.8. The summed E-state index contributed by atoms with van der Waals surface area (Å²) in [6, 6.07) is 4.35. The van der Waals surface area contributed by atoms with Crippen molar-refractivity contribution in [2.24, 2.45) is 17.6 Å². The van der Waals surface area contributed by atoms with Crippen LogP contribution in [0.25, 0.3) is 0 Å². The molecule has 0 unspecified atom stereocenters. The number of carbonyl (C=O) groups excluding carboxylic acids is 1. The Bertz CT molecular complexity index is 473. The topological polar surface area (TPSA) is 55.1 Å². The van der Waals surface area contributed by atoms with Crippen molar-refractivity contribution in [3.63, 3.8) is 0 Å². The van der Waals surface area contributed by atoms with E-state index in [1.807, 2.05) is 0 Å². The highest BCUT2D eigenvalue weighted by Crippen LogP contribution is 2.31. The van der Waals surface area contributed by atoms with Crippen LogP contribution in [-0.2, 0) is 11.3 Å². The first-order valence-electron chi connectivity index (χ1n) is 7.57. The Morgan fingerprint density at radius 2 is 1.90 bits per heavy atom. The van der Waals surface area contributed by atoms with E-state index in [1.54, 1.807) is 0 Å². The number of carbonyl (C=O) groups is 1. The lowest BCUT2D eigenvalue weighted by atomic mass is 9.95. The van der Waals surface area contributed by atoms with Gasteiger partial charge in [-0.3, -0.25) is 4.79 Å². The van der Waals surface area contributed by atoms with Gasteiger partial charge in [-0.2, -0.15) is 0 Å². The summed E-state index contributed by atoms with van der Waals surface area (Å²) in [5, 5.41) is 3.11. The minimum atomic E-state index is 0.117. The molecular weight excluding hydrogens is 248 g/mol. The van der Waals surface area contributed by atoms with E-state index < -0.39 is 0 Å². The number of amides is 1. The van der Waals surface area contributed by atoms with Gasteiger partial charge in [0.2, 0.25) is 5.91 Å². The van der Waals surface area contributed by atoms with Gasteiger partial charge in [0.15, 0.2) is 0 Å². The zero-order valence-electron chi connectivity index (χ0n) is 12.8. The van der Waals surface area contributed by atoms with Crippen LogP contribution in [0.3, 0.4) is 0 Å². The molecule has 3 heteroatoms. The molecule has 2 atom stereocenters. The zero-order chi connectivity index (χ0) is 14.7. The van der Waals surface area contributed by atoms with Crippen LogP contribution in [0.4, 0.5) is 0 Å². The van der Waals surface area contributed by atoms with E-state index in [2.05, 4.69) is 38.2 Å². The Kier molecular flexibility index (Phi) is 4.81. The van der Waals surface area contributed by atoms with E-state index in [4.69, 9.17) is 5.73 Å². The van der Waals surface area contributed by atoms with Crippen molar-refractivity contribution in [2.75, 3.05) is 6.54 Å². The van der Waals surface area contributed by atoms with E-state index in [9.17, 15) is 4.79 Å². The Morgan fingerprint density at radius 1 is 1.25 bits per heavy atom. The van der Waals surface area contributed by atoms with Crippen LogP contribution < -0.4 is 11.1 Å². The summed E-state index contributed by atoms with van der Waals surface area (Å²) in [6.07, 6.45) is 3.21. The first-order valence-corrected chi connectivity index (χ1v) is 7.57. The molecule has 0 heterocycles. The minimum absolute atomic E-state index is 0.117. The van der Waals surface area contributed by atoms with Crippen LogP contribution in [0.5, 0.6) is 0 Å². The summed E-state index contributed by atoms with van der Waals surface area (Å²) in [5.41, 5.74) is 10.8.